The topological polar surface area (TPSA) is 108 Å². The fourth-order valence-electron chi connectivity index (χ4n) is 2.07. The highest BCUT2D eigenvalue weighted by Gasteiger charge is 2.18. The van der Waals surface area contributed by atoms with Crippen LogP contribution in [0.15, 0.2) is 18.2 Å². The van der Waals surface area contributed by atoms with Crippen molar-refractivity contribution < 1.29 is 19.1 Å². The summed E-state index contributed by atoms with van der Waals surface area (Å²) in [6.07, 6.45) is 1.44. The van der Waals surface area contributed by atoms with E-state index in [0.29, 0.717) is 24.2 Å². The van der Waals surface area contributed by atoms with Crippen LogP contribution in [0.25, 0.3) is 0 Å². The van der Waals surface area contributed by atoms with Gasteiger partial charge in [0.05, 0.1) is 10.6 Å². The number of benzene rings is 1. The summed E-state index contributed by atoms with van der Waals surface area (Å²) in [6.45, 7) is 3.52. The van der Waals surface area contributed by atoms with E-state index in [1.807, 2.05) is 6.07 Å². The first-order valence-corrected chi connectivity index (χ1v) is 8.65. The van der Waals surface area contributed by atoms with Gasteiger partial charge in [0.15, 0.2) is 6.10 Å². The van der Waals surface area contributed by atoms with Crippen LogP contribution in [0.2, 0.25) is 5.02 Å². The minimum atomic E-state index is -0.948. The van der Waals surface area contributed by atoms with Crippen LogP contribution in [0.3, 0.4) is 0 Å². The van der Waals surface area contributed by atoms with Crippen LogP contribution in [0.1, 0.15) is 45.1 Å². The van der Waals surface area contributed by atoms with Crippen molar-refractivity contribution in [3.8, 4) is 6.07 Å². The number of carbonyl (C=O) groups is 3. The van der Waals surface area contributed by atoms with Gasteiger partial charge in [-0.05, 0) is 38.0 Å². The third kappa shape index (κ3) is 7.99. The van der Waals surface area contributed by atoms with E-state index in [0.717, 1.165) is 12.8 Å². The molecule has 1 atom stereocenters. The maximum atomic E-state index is 12.1. The maximum Gasteiger partial charge on any atom is 0.306 e. The standard InChI is InChI=1S/C18H22ClN3O4/c1-12(26-17(24)6-4-3-5-9-21-13(2)23)18(25)22-15-8-7-14(11-20)16(19)10-15/h7-8,10,12H,3-6,9H2,1-2H3,(H,21,23)(H,22,25). The van der Waals surface area contributed by atoms with E-state index in [2.05, 4.69) is 10.6 Å². The van der Waals surface area contributed by atoms with E-state index < -0.39 is 18.0 Å². The zero-order valence-corrected chi connectivity index (χ0v) is 15.6. The summed E-state index contributed by atoms with van der Waals surface area (Å²) < 4.78 is 5.10. The van der Waals surface area contributed by atoms with Gasteiger partial charge in [-0.3, -0.25) is 14.4 Å². The number of amides is 2. The van der Waals surface area contributed by atoms with Crippen molar-refractivity contribution in [2.75, 3.05) is 11.9 Å². The summed E-state index contributed by atoms with van der Waals surface area (Å²) in [6, 6.07) is 6.43. The minimum Gasteiger partial charge on any atom is -0.453 e. The van der Waals surface area contributed by atoms with E-state index in [9.17, 15) is 14.4 Å². The van der Waals surface area contributed by atoms with Gasteiger partial charge in [-0.2, -0.15) is 5.26 Å². The van der Waals surface area contributed by atoms with Crippen molar-refractivity contribution >= 4 is 35.1 Å². The Morgan fingerprint density at radius 2 is 2.00 bits per heavy atom. The van der Waals surface area contributed by atoms with Crippen LogP contribution in [0.4, 0.5) is 5.69 Å². The molecule has 8 heteroatoms. The van der Waals surface area contributed by atoms with Gasteiger partial charge in [0.25, 0.3) is 5.91 Å². The number of hydrogen-bond donors (Lipinski definition) is 2. The first kappa shape index (κ1) is 21.5. The predicted octanol–water partition coefficient (Wildman–Crippen LogP) is 2.78. The highest BCUT2D eigenvalue weighted by molar-refractivity contribution is 6.32. The number of rotatable bonds is 9. The van der Waals surface area contributed by atoms with Crippen molar-refractivity contribution in [1.29, 1.82) is 5.26 Å². The van der Waals surface area contributed by atoms with E-state index >= 15 is 0 Å². The van der Waals surface area contributed by atoms with Crippen molar-refractivity contribution in [2.45, 2.75) is 45.6 Å². The molecule has 0 aromatic heterocycles. The highest BCUT2D eigenvalue weighted by atomic mass is 35.5. The lowest BCUT2D eigenvalue weighted by Gasteiger charge is -2.14. The van der Waals surface area contributed by atoms with Gasteiger partial charge in [-0.1, -0.05) is 18.0 Å². The zero-order valence-electron chi connectivity index (χ0n) is 14.8. The Bertz CT molecular complexity index is 700. The summed E-state index contributed by atoms with van der Waals surface area (Å²) in [5.74, 6) is -1.01. The molecular weight excluding hydrogens is 358 g/mol. The van der Waals surface area contributed by atoms with E-state index in [4.69, 9.17) is 21.6 Å². The molecule has 140 valence electrons. The third-order valence-electron chi connectivity index (χ3n) is 3.47. The second kappa shape index (κ2) is 11.1. The zero-order chi connectivity index (χ0) is 19.5. The smallest absolute Gasteiger partial charge is 0.306 e. The molecule has 0 fully saturated rings. The van der Waals surface area contributed by atoms with Gasteiger partial charge in [-0.15, -0.1) is 0 Å². The first-order valence-electron chi connectivity index (χ1n) is 8.28. The molecule has 0 bridgehead atoms. The average molecular weight is 380 g/mol. The molecule has 0 radical (unpaired) electrons. The number of nitrogens with zero attached hydrogens (tertiary/aromatic N) is 1. The fourth-order valence-corrected chi connectivity index (χ4v) is 2.30. The second-order valence-electron chi connectivity index (χ2n) is 5.72. The van der Waals surface area contributed by atoms with Crippen molar-refractivity contribution in [1.82, 2.24) is 5.32 Å². The number of nitriles is 1. The Kier molecular flexibility index (Phi) is 9.17. The molecule has 0 aliphatic carbocycles. The summed E-state index contributed by atoms with van der Waals surface area (Å²) in [7, 11) is 0. The lowest BCUT2D eigenvalue weighted by Crippen LogP contribution is -2.29. The van der Waals surface area contributed by atoms with Crippen molar-refractivity contribution in [2.24, 2.45) is 0 Å². The van der Waals surface area contributed by atoms with Gasteiger partial charge in [0, 0.05) is 25.6 Å². The van der Waals surface area contributed by atoms with Gasteiger partial charge in [0.1, 0.15) is 6.07 Å². The molecule has 0 heterocycles. The van der Waals surface area contributed by atoms with E-state index in [1.165, 1.54) is 26.0 Å². The molecule has 0 spiro atoms. The fraction of sp³-hybridized carbons (Fsp3) is 0.444. The second-order valence-corrected chi connectivity index (χ2v) is 6.13. The van der Waals surface area contributed by atoms with Crippen LogP contribution in [-0.4, -0.2) is 30.4 Å². The van der Waals surface area contributed by atoms with Gasteiger partial charge in [-0.25, -0.2) is 0 Å². The molecule has 2 amide bonds. The Labute approximate surface area is 157 Å². The summed E-state index contributed by atoms with van der Waals surface area (Å²) in [4.78, 5) is 34.5. The Hall–Kier alpha value is -2.59. The Morgan fingerprint density at radius 3 is 2.62 bits per heavy atom. The van der Waals surface area contributed by atoms with Crippen molar-refractivity contribution in [3.63, 3.8) is 0 Å². The molecule has 0 saturated heterocycles. The molecule has 0 aliphatic heterocycles. The maximum absolute atomic E-state index is 12.1. The van der Waals surface area contributed by atoms with E-state index in [-0.39, 0.29) is 17.4 Å². The average Bonchev–Trinajstić information content (AvgIpc) is 2.57. The number of carbonyl (C=O) groups excluding carboxylic acids is 3. The quantitative estimate of drug-likeness (QED) is 0.506. The SMILES string of the molecule is CC(=O)NCCCCCC(=O)OC(C)C(=O)Nc1ccc(C#N)c(Cl)c1. The molecule has 26 heavy (non-hydrogen) atoms. The lowest BCUT2D eigenvalue weighted by molar-refractivity contribution is -0.153. The molecule has 7 nitrogen and oxygen atoms in total. The molecule has 1 rings (SSSR count). The molecular formula is C18H22ClN3O4. The molecule has 1 aromatic carbocycles. The summed E-state index contributed by atoms with van der Waals surface area (Å²) in [5, 5.41) is 14.3. The summed E-state index contributed by atoms with van der Waals surface area (Å²) >= 11 is 5.91. The molecule has 1 aromatic rings. The Balaban J connectivity index is 2.33. The number of nitrogens with one attached hydrogen (secondary N) is 2. The minimum absolute atomic E-state index is 0.0761. The number of anilines is 1. The third-order valence-corrected chi connectivity index (χ3v) is 3.78. The van der Waals surface area contributed by atoms with Crippen molar-refractivity contribution in [3.05, 3.63) is 28.8 Å². The van der Waals surface area contributed by atoms with Crippen LogP contribution >= 0.6 is 11.6 Å². The number of halogens is 1. The molecule has 2 N–H and O–H groups in total. The predicted molar refractivity (Wildman–Crippen MR) is 97.5 cm³/mol. The molecule has 1 unspecified atom stereocenters. The molecule has 0 saturated carbocycles. The molecule has 0 aliphatic rings. The van der Waals surface area contributed by atoms with Crippen LogP contribution < -0.4 is 10.6 Å². The monoisotopic (exact) mass is 379 g/mol. The normalized spacial score (nSPS) is 11.2. The largest absolute Gasteiger partial charge is 0.453 e. The van der Waals surface area contributed by atoms with Gasteiger partial charge >= 0.3 is 5.97 Å². The van der Waals surface area contributed by atoms with Crippen LogP contribution in [0, 0.1) is 11.3 Å². The van der Waals surface area contributed by atoms with Gasteiger partial charge < -0.3 is 15.4 Å². The van der Waals surface area contributed by atoms with Crippen LogP contribution in [0.5, 0.6) is 0 Å². The number of esters is 1. The van der Waals surface area contributed by atoms with E-state index in [1.54, 1.807) is 6.07 Å². The summed E-state index contributed by atoms with van der Waals surface area (Å²) in [5.41, 5.74) is 0.725. The van der Waals surface area contributed by atoms with Gasteiger partial charge in [0.2, 0.25) is 5.91 Å². The number of hydrogen-bond acceptors (Lipinski definition) is 5. The number of ether oxygens (including phenoxy) is 1. The highest BCUT2D eigenvalue weighted by Crippen LogP contribution is 2.20. The first-order chi connectivity index (χ1) is 12.3. The number of unbranched alkanes of at least 4 members (excludes halogenated alkanes) is 2. The van der Waals surface area contributed by atoms with Crippen LogP contribution in [-0.2, 0) is 19.1 Å². The lowest BCUT2D eigenvalue weighted by atomic mass is 10.2. The Morgan fingerprint density at radius 1 is 1.27 bits per heavy atom.